The minimum Gasteiger partial charge on any atom is -0.363 e. The normalized spacial score (nSPS) is 15.4. The number of rotatable bonds is 4. The summed E-state index contributed by atoms with van der Waals surface area (Å²) < 4.78 is 40.3. The van der Waals surface area contributed by atoms with Gasteiger partial charge in [-0.25, -0.2) is 15.0 Å². The van der Waals surface area contributed by atoms with Crippen LogP contribution >= 0.6 is 0 Å². The SMILES string of the molecule is CC(=O)N1CCN(c2cc3c(N[C@H](C)c4cccc(C(F)(F)F)c4C)nc(C)nc3nc2C)C(=O)C1. The highest BCUT2D eigenvalue weighted by atomic mass is 19.4. The van der Waals surface area contributed by atoms with E-state index in [0.29, 0.717) is 52.7 Å². The molecule has 1 aliphatic heterocycles. The zero-order chi connectivity index (χ0) is 26.4. The fourth-order valence-electron chi connectivity index (χ4n) is 4.53. The van der Waals surface area contributed by atoms with Gasteiger partial charge in [-0.15, -0.1) is 0 Å². The number of aryl methyl sites for hydroxylation is 2. The molecule has 8 nitrogen and oxygen atoms in total. The number of carbonyl (C=O) groups is 2. The number of anilines is 2. The molecule has 4 rings (SSSR count). The summed E-state index contributed by atoms with van der Waals surface area (Å²) in [7, 11) is 0. The molecule has 1 aliphatic rings. The van der Waals surface area contributed by atoms with E-state index in [2.05, 4.69) is 20.3 Å². The van der Waals surface area contributed by atoms with E-state index in [0.717, 1.165) is 6.07 Å². The molecular weight excluding hydrogens is 473 g/mol. The number of fused-ring (bicyclic) bond motifs is 1. The van der Waals surface area contributed by atoms with Crippen LogP contribution in [0.4, 0.5) is 24.7 Å². The van der Waals surface area contributed by atoms with E-state index in [-0.39, 0.29) is 23.9 Å². The summed E-state index contributed by atoms with van der Waals surface area (Å²) in [4.78, 5) is 41.1. The topological polar surface area (TPSA) is 91.3 Å². The number of aromatic nitrogens is 3. The molecule has 11 heteroatoms. The minimum absolute atomic E-state index is 0.0197. The van der Waals surface area contributed by atoms with E-state index < -0.39 is 17.8 Å². The molecule has 1 atom stereocenters. The molecule has 1 saturated heterocycles. The van der Waals surface area contributed by atoms with Gasteiger partial charge in [0.2, 0.25) is 11.8 Å². The van der Waals surface area contributed by atoms with Crippen LogP contribution in [0.3, 0.4) is 0 Å². The smallest absolute Gasteiger partial charge is 0.363 e. The van der Waals surface area contributed by atoms with Gasteiger partial charge in [0.25, 0.3) is 0 Å². The number of amides is 2. The number of hydrogen-bond donors (Lipinski definition) is 1. The van der Waals surface area contributed by atoms with Crippen LogP contribution < -0.4 is 10.2 Å². The number of halogens is 3. The molecule has 0 bridgehead atoms. The maximum Gasteiger partial charge on any atom is 0.416 e. The third kappa shape index (κ3) is 4.82. The summed E-state index contributed by atoms with van der Waals surface area (Å²) in [6.07, 6.45) is -4.45. The van der Waals surface area contributed by atoms with Gasteiger partial charge in [0.15, 0.2) is 5.65 Å². The van der Waals surface area contributed by atoms with Gasteiger partial charge in [-0.05, 0) is 51.0 Å². The van der Waals surface area contributed by atoms with Crippen molar-refractivity contribution in [2.24, 2.45) is 0 Å². The summed E-state index contributed by atoms with van der Waals surface area (Å²) in [5.41, 5.74) is 1.54. The average molecular weight is 501 g/mol. The van der Waals surface area contributed by atoms with Gasteiger partial charge in [0.1, 0.15) is 18.2 Å². The number of carbonyl (C=O) groups excluding carboxylic acids is 2. The highest BCUT2D eigenvalue weighted by molar-refractivity contribution is 6.00. The number of hydrogen-bond acceptors (Lipinski definition) is 6. The molecule has 3 aromatic rings. The lowest BCUT2D eigenvalue weighted by Gasteiger charge is -2.34. The molecule has 2 amide bonds. The van der Waals surface area contributed by atoms with Crippen molar-refractivity contribution in [3.63, 3.8) is 0 Å². The van der Waals surface area contributed by atoms with Gasteiger partial charge in [-0.1, -0.05) is 12.1 Å². The van der Waals surface area contributed by atoms with Gasteiger partial charge < -0.3 is 15.1 Å². The number of piperazine rings is 1. The molecule has 36 heavy (non-hydrogen) atoms. The Morgan fingerprint density at radius 3 is 2.47 bits per heavy atom. The maximum atomic E-state index is 13.4. The van der Waals surface area contributed by atoms with Crippen LogP contribution in [-0.4, -0.2) is 51.3 Å². The third-order valence-corrected chi connectivity index (χ3v) is 6.42. The van der Waals surface area contributed by atoms with Crippen LogP contribution in [0.25, 0.3) is 11.0 Å². The van der Waals surface area contributed by atoms with Gasteiger partial charge in [0, 0.05) is 20.0 Å². The minimum atomic E-state index is -4.45. The number of benzene rings is 1. The Bertz CT molecular complexity index is 1360. The lowest BCUT2D eigenvalue weighted by atomic mass is 9.97. The molecule has 0 saturated carbocycles. The molecule has 3 heterocycles. The van der Waals surface area contributed by atoms with Crippen molar-refractivity contribution in [3.8, 4) is 0 Å². The van der Waals surface area contributed by atoms with E-state index in [9.17, 15) is 22.8 Å². The van der Waals surface area contributed by atoms with E-state index >= 15 is 0 Å². The molecule has 0 radical (unpaired) electrons. The standard InChI is InChI=1S/C25H27F3N6O2/c1-13-18(7-6-8-20(13)25(26,27)28)14(2)29-23-19-11-21(15(3)30-24(19)32-16(4)31-23)34-10-9-33(17(5)35)12-22(34)36/h6-8,11,14H,9-10,12H2,1-5H3,(H,29,30,31,32)/t14-/m1/s1. The summed E-state index contributed by atoms with van der Waals surface area (Å²) in [6.45, 7) is 8.83. The Morgan fingerprint density at radius 1 is 1.11 bits per heavy atom. The predicted molar refractivity (Wildman–Crippen MR) is 130 cm³/mol. The van der Waals surface area contributed by atoms with Crippen LogP contribution in [0.2, 0.25) is 0 Å². The molecule has 1 aromatic carbocycles. The van der Waals surface area contributed by atoms with Crippen LogP contribution in [-0.2, 0) is 15.8 Å². The number of alkyl halides is 3. The molecule has 190 valence electrons. The van der Waals surface area contributed by atoms with Crippen LogP contribution in [0, 0.1) is 20.8 Å². The van der Waals surface area contributed by atoms with Gasteiger partial charge >= 0.3 is 6.18 Å². The second-order valence-corrected chi connectivity index (χ2v) is 8.95. The van der Waals surface area contributed by atoms with Gasteiger partial charge in [0.05, 0.1) is 28.4 Å². The van der Waals surface area contributed by atoms with Crippen LogP contribution in [0.1, 0.15) is 48.1 Å². The predicted octanol–water partition coefficient (Wildman–Crippen LogP) is 4.34. The number of nitrogens with one attached hydrogen (secondary N) is 1. The first-order valence-corrected chi connectivity index (χ1v) is 11.5. The molecule has 0 unspecified atom stereocenters. The van der Waals surface area contributed by atoms with Crippen LogP contribution in [0.5, 0.6) is 0 Å². The fourth-order valence-corrected chi connectivity index (χ4v) is 4.53. The van der Waals surface area contributed by atoms with Crippen molar-refractivity contribution < 1.29 is 22.8 Å². The first-order chi connectivity index (χ1) is 16.9. The fraction of sp³-hybridized carbons (Fsp3) is 0.400. The lowest BCUT2D eigenvalue weighted by Crippen LogP contribution is -2.52. The first-order valence-electron chi connectivity index (χ1n) is 11.5. The maximum absolute atomic E-state index is 13.4. The quantitative estimate of drug-likeness (QED) is 0.573. The Kier molecular flexibility index (Phi) is 6.59. The highest BCUT2D eigenvalue weighted by Crippen LogP contribution is 2.36. The van der Waals surface area contributed by atoms with Gasteiger partial charge in [-0.2, -0.15) is 13.2 Å². The summed E-state index contributed by atoms with van der Waals surface area (Å²) in [6, 6.07) is 5.38. The molecule has 1 N–H and O–H groups in total. The van der Waals surface area contributed by atoms with E-state index in [1.807, 2.05) is 0 Å². The van der Waals surface area contributed by atoms with E-state index in [1.54, 1.807) is 37.8 Å². The lowest BCUT2D eigenvalue weighted by molar-refractivity contribution is -0.138. The Hall–Kier alpha value is -3.76. The van der Waals surface area contributed by atoms with Crippen LogP contribution in [0.15, 0.2) is 24.3 Å². The zero-order valence-corrected chi connectivity index (χ0v) is 20.7. The summed E-state index contributed by atoms with van der Waals surface area (Å²) in [5, 5.41) is 3.77. The first kappa shape index (κ1) is 25.3. The highest BCUT2D eigenvalue weighted by Gasteiger charge is 2.33. The Balaban J connectivity index is 1.73. The molecule has 2 aromatic heterocycles. The third-order valence-electron chi connectivity index (χ3n) is 6.42. The number of nitrogens with zero attached hydrogens (tertiary/aromatic N) is 5. The monoisotopic (exact) mass is 500 g/mol. The van der Waals surface area contributed by atoms with E-state index in [1.165, 1.54) is 24.8 Å². The summed E-state index contributed by atoms with van der Waals surface area (Å²) in [5.74, 6) is 0.468. The van der Waals surface area contributed by atoms with E-state index in [4.69, 9.17) is 0 Å². The molecular formula is C25H27F3N6O2. The van der Waals surface area contributed by atoms with Crippen molar-refractivity contribution in [1.82, 2.24) is 19.9 Å². The largest absolute Gasteiger partial charge is 0.416 e. The molecule has 0 aliphatic carbocycles. The Morgan fingerprint density at radius 2 is 1.83 bits per heavy atom. The second kappa shape index (κ2) is 9.36. The van der Waals surface area contributed by atoms with Crippen molar-refractivity contribution in [2.75, 3.05) is 29.9 Å². The number of pyridine rings is 1. The van der Waals surface area contributed by atoms with Crippen molar-refractivity contribution in [1.29, 1.82) is 0 Å². The Labute approximate surface area is 206 Å². The van der Waals surface area contributed by atoms with Crippen molar-refractivity contribution in [3.05, 3.63) is 52.5 Å². The van der Waals surface area contributed by atoms with Crippen molar-refractivity contribution in [2.45, 2.75) is 46.8 Å². The second-order valence-electron chi connectivity index (χ2n) is 8.95. The zero-order valence-electron chi connectivity index (χ0n) is 20.7. The van der Waals surface area contributed by atoms with Crippen molar-refractivity contribution >= 4 is 34.4 Å². The molecule has 1 fully saturated rings. The van der Waals surface area contributed by atoms with Gasteiger partial charge in [-0.3, -0.25) is 9.59 Å². The summed E-state index contributed by atoms with van der Waals surface area (Å²) >= 11 is 0. The molecule has 0 spiro atoms. The average Bonchev–Trinajstić information content (AvgIpc) is 2.78.